The van der Waals surface area contributed by atoms with Crippen molar-refractivity contribution in [1.82, 2.24) is 15.2 Å². The van der Waals surface area contributed by atoms with E-state index in [2.05, 4.69) is 15.6 Å². The lowest BCUT2D eigenvalue weighted by Gasteiger charge is -2.27. The number of nitrogens with one attached hydrogen (secondary N) is 2. The number of pyridine rings is 1. The predicted octanol–water partition coefficient (Wildman–Crippen LogP) is 4.17. The number of halogens is 1. The van der Waals surface area contributed by atoms with Crippen molar-refractivity contribution in [2.75, 3.05) is 18.4 Å². The topological polar surface area (TPSA) is 83.6 Å². The van der Waals surface area contributed by atoms with Gasteiger partial charge >= 0.3 is 12.1 Å². The Kier molecular flexibility index (Phi) is 7.94. The van der Waals surface area contributed by atoms with Crippen LogP contribution in [0.2, 0.25) is 0 Å². The summed E-state index contributed by atoms with van der Waals surface area (Å²) in [6, 6.07) is 8.80. The van der Waals surface area contributed by atoms with Crippen LogP contribution in [0.4, 0.5) is 19.7 Å². The standard InChI is InChI=1S/C21H27FN4O3/c1-21(2,3)29-20(28)26(15-16-6-4-11-23-14-16)13-5-12-24-19(27)25-18-9-7-17(22)8-10-18/h4,6-11,14H,5,12-13,15H2,1-3H3,(H2,24,25,27). The van der Waals surface area contributed by atoms with Crippen LogP contribution in [0.15, 0.2) is 48.8 Å². The van der Waals surface area contributed by atoms with Crippen molar-refractivity contribution in [3.05, 3.63) is 60.2 Å². The number of rotatable bonds is 7. The Hall–Kier alpha value is -3.16. The summed E-state index contributed by atoms with van der Waals surface area (Å²) in [5.74, 6) is -0.369. The molecule has 2 aromatic rings. The minimum absolute atomic E-state index is 0.360. The molecule has 1 heterocycles. The summed E-state index contributed by atoms with van der Waals surface area (Å²) in [6.07, 6.45) is 3.49. The Bertz CT molecular complexity index is 792. The first-order valence-corrected chi connectivity index (χ1v) is 9.40. The maximum absolute atomic E-state index is 12.9. The Morgan fingerprint density at radius 3 is 2.52 bits per heavy atom. The van der Waals surface area contributed by atoms with Crippen LogP contribution in [0.5, 0.6) is 0 Å². The van der Waals surface area contributed by atoms with Gasteiger partial charge in [0, 0.05) is 31.2 Å². The summed E-state index contributed by atoms with van der Waals surface area (Å²) in [5.41, 5.74) is 0.786. The monoisotopic (exact) mass is 402 g/mol. The van der Waals surface area contributed by atoms with E-state index in [4.69, 9.17) is 4.74 Å². The highest BCUT2D eigenvalue weighted by atomic mass is 19.1. The molecular weight excluding hydrogens is 375 g/mol. The van der Waals surface area contributed by atoms with Gasteiger partial charge in [0.15, 0.2) is 0 Å². The number of amides is 3. The van der Waals surface area contributed by atoms with Crippen LogP contribution in [0.25, 0.3) is 0 Å². The van der Waals surface area contributed by atoms with Gasteiger partial charge in [0.2, 0.25) is 0 Å². The molecule has 2 N–H and O–H groups in total. The van der Waals surface area contributed by atoms with E-state index in [0.717, 1.165) is 5.56 Å². The second-order valence-corrected chi connectivity index (χ2v) is 7.50. The highest BCUT2D eigenvalue weighted by Gasteiger charge is 2.22. The average Bonchev–Trinajstić information content (AvgIpc) is 2.65. The fraction of sp³-hybridized carbons (Fsp3) is 0.381. The first-order chi connectivity index (χ1) is 13.7. The molecule has 156 valence electrons. The zero-order valence-corrected chi connectivity index (χ0v) is 16.9. The molecule has 0 saturated heterocycles. The van der Waals surface area contributed by atoms with Crippen LogP contribution in [0.3, 0.4) is 0 Å². The molecule has 2 rings (SSSR count). The summed E-state index contributed by atoms with van der Waals surface area (Å²) >= 11 is 0. The van der Waals surface area contributed by atoms with Crippen LogP contribution in [-0.2, 0) is 11.3 Å². The summed E-state index contributed by atoms with van der Waals surface area (Å²) in [6.45, 7) is 6.57. The Labute approximate surface area is 170 Å². The van der Waals surface area contributed by atoms with Crippen molar-refractivity contribution in [2.45, 2.75) is 39.3 Å². The molecule has 3 amide bonds. The van der Waals surface area contributed by atoms with E-state index in [0.29, 0.717) is 31.7 Å². The van der Waals surface area contributed by atoms with E-state index in [9.17, 15) is 14.0 Å². The maximum atomic E-state index is 12.9. The van der Waals surface area contributed by atoms with Crippen LogP contribution in [0, 0.1) is 5.82 Å². The van der Waals surface area contributed by atoms with Crippen molar-refractivity contribution in [2.24, 2.45) is 0 Å². The number of urea groups is 1. The van der Waals surface area contributed by atoms with Gasteiger partial charge in [-0.3, -0.25) is 4.98 Å². The fourth-order valence-corrected chi connectivity index (χ4v) is 2.45. The molecule has 0 bridgehead atoms. The van der Waals surface area contributed by atoms with Crippen molar-refractivity contribution in [3.63, 3.8) is 0 Å². The first kappa shape index (κ1) is 22.1. The van der Waals surface area contributed by atoms with E-state index in [1.165, 1.54) is 24.3 Å². The largest absolute Gasteiger partial charge is 0.444 e. The molecule has 0 spiro atoms. The molecule has 1 aromatic heterocycles. The molecule has 7 nitrogen and oxygen atoms in total. The summed E-state index contributed by atoms with van der Waals surface area (Å²) < 4.78 is 18.4. The Balaban J connectivity index is 1.83. The van der Waals surface area contributed by atoms with Gasteiger partial charge in [-0.25, -0.2) is 14.0 Å². The number of nitrogens with zero attached hydrogens (tertiary/aromatic N) is 2. The lowest BCUT2D eigenvalue weighted by Crippen LogP contribution is -2.38. The third-order valence-electron chi connectivity index (χ3n) is 3.74. The molecule has 0 atom stereocenters. The van der Waals surface area contributed by atoms with Crippen molar-refractivity contribution in [3.8, 4) is 0 Å². The van der Waals surface area contributed by atoms with Crippen molar-refractivity contribution < 1.29 is 18.7 Å². The van der Waals surface area contributed by atoms with Gasteiger partial charge in [0.05, 0.1) is 6.54 Å². The smallest absolute Gasteiger partial charge is 0.410 e. The second kappa shape index (κ2) is 10.4. The molecule has 1 aromatic carbocycles. The van der Waals surface area contributed by atoms with E-state index >= 15 is 0 Å². The number of benzene rings is 1. The quantitative estimate of drug-likeness (QED) is 0.681. The van der Waals surface area contributed by atoms with Gasteiger partial charge in [0.25, 0.3) is 0 Å². The summed E-state index contributed by atoms with van der Waals surface area (Å²) in [7, 11) is 0. The third-order valence-corrected chi connectivity index (χ3v) is 3.74. The molecule has 0 radical (unpaired) electrons. The minimum Gasteiger partial charge on any atom is -0.444 e. The summed E-state index contributed by atoms with van der Waals surface area (Å²) in [4.78, 5) is 30.1. The van der Waals surface area contributed by atoms with Gasteiger partial charge in [-0.05, 0) is 63.1 Å². The molecule has 29 heavy (non-hydrogen) atoms. The van der Waals surface area contributed by atoms with Crippen molar-refractivity contribution in [1.29, 1.82) is 0 Å². The van der Waals surface area contributed by atoms with E-state index in [1.54, 1.807) is 17.3 Å². The molecule has 8 heteroatoms. The van der Waals surface area contributed by atoms with Gasteiger partial charge in [-0.15, -0.1) is 0 Å². The molecule has 0 saturated carbocycles. The molecule has 0 aliphatic heterocycles. The third kappa shape index (κ3) is 8.59. The average molecular weight is 402 g/mol. The maximum Gasteiger partial charge on any atom is 0.410 e. The fourth-order valence-electron chi connectivity index (χ4n) is 2.45. The number of carbonyl (C=O) groups excluding carboxylic acids is 2. The van der Waals surface area contributed by atoms with E-state index in [1.807, 2.05) is 32.9 Å². The lowest BCUT2D eigenvalue weighted by atomic mass is 10.2. The lowest BCUT2D eigenvalue weighted by molar-refractivity contribution is 0.0232. The zero-order valence-electron chi connectivity index (χ0n) is 16.9. The number of aromatic nitrogens is 1. The zero-order chi connectivity index (χ0) is 21.3. The molecular formula is C21H27FN4O3. The highest BCUT2D eigenvalue weighted by molar-refractivity contribution is 5.89. The van der Waals surface area contributed by atoms with Gasteiger partial charge < -0.3 is 20.3 Å². The number of hydrogen-bond donors (Lipinski definition) is 2. The molecule has 0 aliphatic carbocycles. The van der Waals surface area contributed by atoms with Gasteiger partial charge in [-0.1, -0.05) is 6.07 Å². The Morgan fingerprint density at radius 1 is 1.17 bits per heavy atom. The van der Waals surface area contributed by atoms with Crippen LogP contribution in [-0.4, -0.2) is 40.7 Å². The van der Waals surface area contributed by atoms with E-state index < -0.39 is 17.7 Å². The number of anilines is 1. The van der Waals surface area contributed by atoms with E-state index in [-0.39, 0.29) is 5.82 Å². The first-order valence-electron chi connectivity index (χ1n) is 9.40. The minimum atomic E-state index is -0.600. The number of carbonyl (C=O) groups is 2. The van der Waals surface area contributed by atoms with Gasteiger partial charge in [-0.2, -0.15) is 0 Å². The number of hydrogen-bond acceptors (Lipinski definition) is 4. The molecule has 0 fully saturated rings. The predicted molar refractivity (Wildman–Crippen MR) is 109 cm³/mol. The normalized spacial score (nSPS) is 10.9. The number of ether oxygens (including phenoxy) is 1. The highest BCUT2D eigenvalue weighted by Crippen LogP contribution is 2.13. The molecule has 0 aliphatic rings. The SMILES string of the molecule is CC(C)(C)OC(=O)N(CCCNC(=O)Nc1ccc(F)cc1)Cc1cccnc1. The van der Waals surface area contributed by atoms with Crippen LogP contribution in [0.1, 0.15) is 32.8 Å². The van der Waals surface area contributed by atoms with Crippen LogP contribution < -0.4 is 10.6 Å². The second-order valence-electron chi connectivity index (χ2n) is 7.50. The molecule has 0 unspecified atom stereocenters. The Morgan fingerprint density at radius 2 is 1.90 bits per heavy atom. The summed E-state index contributed by atoms with van der Waals surface area (Å²) in [5, 5.41) is 5.34. The van der Waals surface area contributed by atoms with Gasteiger partial charge in [0.1, 0.15) is 11.4 Å². The van der Waals surface area contributed by atoms with Crippen molar-refractivity contribution >= 4 is 17.8 Å². The van der Waals surface area contributed by atoms with Crippen LogP contribution >= 0.6 is 0 Å².